The van der Waals surface area contributed by atoms with Gasteiger partial charge in [0, 0.05) is 43.7 Å². The molecule has 230 valence electrons. The lowest BCUT2D eigenvalue weighted by Crippen LogP contribution is -2.38. The minimum Gasteiger partial charge on any atom is -0.497 e. The number of benzene rings is 1. The van der Waals surface area contributed by atoms with Crippen molar-refractivity contribution in [3.8, 4) is 22.8 Å². The summed E-state index contributed by atoms with van der Waals surface area (Å²) in [4.78, 5) is 52.3. The minimum atomic E-state index is -0.441. The van der Waals surface area contributed by atoms with Crippen molar-refractivity contribution in [3.05, 3.63) is 64.5 Å². The van der Waals surface area contributed by atoms with Crippen molar-refractivity contribution >= 4 is 40.9 Å². The normalized spacial score (nSPS) is 16.2. The summed E-state index contributed by atoms with van der Waals surface area (Å²) < 4.78 is 16.2. The Labute approximate surface area is 259 Å². The number of carbonyl (C=O) groups excluding carboxylic acids is 3. The maximum Gasteiger partial charge on any atom is 0.340 e. The smallest absolute Gasteiger partial charge is 0.340 e. The maximum absolute atomic E-state index is 12.9. The summed E-state index contributed by atoms with van der Waals surface area (Å²) in [6.45, 7) is 4.98. The standard InChI is InChI=1S/C31H34N6O6S/c1-4-43-29(39)24-13-20(18-34-27(24)23-6-5-22(41-2)15-25(23)42-3)17-32-16-19-8-11-37(12-9-19)30-33-10-7-21(35-30)14-26-28(38)36-31(40)44-26/h5-7,10,13-15,18-19,32H,4,8-9,11-12,16-17H2,1-3H3,(H,36,38,40)/b26-14-. The number of pyridine rings is 1. The molecule has 2 amide bonds. The zero-order valence-corrected chi connectivity index (χ0v) is 25.6. The van der Waals surface area contributed by atoms with Crippen LogP contribution in [-0.2, 0) is 16.1 Å². The van der Waals surface area contributed by atoms with Crippen LogP contribution in [0.15, 0.2) is 47.6 Å². The van der Waals surface area contributed by atoms with Crippen LogP contribution in [0.4, 0.5) is 10.7 Å². The number of imide groups is 1. The van der Waals surface area contributed by atoms with Gasteiger partial charge < -0.3 is 24.4 Å². The molecule has 2 saturated heterocycles. The number of methoxy groups -OCH3 is 2. The topological polar surface area (TPSA) is 145 Å². The lowest BCUT2D eigenvalue weighted by atomic mass is 9.97. The Hall–Kier alpha value is -4.49. The van der Waals surface area contributed by atoms with Gasteiger partial charge in [0.15, 0.2) is 0 Å². The Balaban J connectivity index is 1.18. The molecule has 44 heavy (non-hydrogen) atoms. The van der Waals surface area contributed by atoms with Gasteiger partial charge in [-0.2, -0.15) is 0 Å². The molecule has 0 atom stereocenters. The molecule has 12 nitrogen and oxygen atoms in total. The van der Waals surface area contributed by atoms with E-state index in [1.807, 2.05) is 12.1 Å². The summed E-state index contributed by atoms with van der Waals surface area (Å²) in [5.41, 5.74) is 2.99. The number of aromatic nitrogens is 3. The first-order valence-electron chi connectivity index (χ1n) is 14.3. The molecule has 2 aliphatic rings. The summed E-state index contributed by atoms with van der Waals surface area (Å²) in [7, 11) is 3.15. The zero-order valence-electron chi connectivity index (χ0n) is 24.8. The first kappa shape index (κ1) is 31.0. The largest absolute Gasteiger partial charge is 0.497 e. The molecule has 0 bridgehead atoms. The molecule has 3 aromatic rings. The Kier molecular flexibility index (Phi) is 10.1. The molecule has 2 aliphatic heterocycles. The molecule has 0 unspecified atom stereocenters. The number of nitrogens with one attached hydrogen (secondary N) is 2. The zero-order chi connectivity index (χ0) is 31.1. The highest BCUT2D eigenvalue weighted by Gasteiger charge is 2.26. The average molecular weight is 619 g/mol. The van der Waals surface area contributed by atoms with Crippen LogP contribution in [-0.4, -0.2) is 72.5 Å². The predicted octanol–water partition coefficient (Wildman–Crippen LogP) is 4.06. The van der Waals surface area contributed by atoms with Crippen LogP contribution in [0.25, 0.3) is 17.3 Å². The van der Waals surface area contributed by atoms with E-state index in [1.165, 1.54) is 0 Å². The molecule has 1 aromatic carbocycles. The highest BCUT2D eigenvalue weighted by atomic mass is 32.2. The van der Waals surface area contributed by atoms with Gasteiger partial charge in [0.25, 0.3) is 11.1 Å². The van der Waals surface area contributed by atoms with Gasteiger partial charge in [-0.1, -0.05) is 0 Å². The third kappa shape index (κ3) is 7.34. The number of piperidine rings is 1. The van der Waals surface area contributed by atoms with Crippen molar-refractivity contribution in [1.29, 1.82) is 0 Å². The first-order valence-corrected chi connectivity index (χ1v) is 15.1. The van der Waals surface area contributed by atoms with E-state index < -0.39 is 11.9 Å². The molecule has 0 spiro atoms. The summed E-state index contributed by atoms with van der Waals surface area (Å²) in [5, 5.41) is 5.39. The van der Waals surface area contributed by atoms with E-state index >= 15 is 0 Å². The molecule has 13 heteroatoms. The van der Waals surface area contributed by atoms with Gasteiger partial charge in [-0.05, 0) is 79.9 Å². The molecule has 2 fully saturated rings. The first-order chi connectivity index (χ1) is 21.4. The molecular formula is C31H34N6O6S. The number of carbonyl (C=O) groups is 3. The molecule has 0 radical (unpaired) electrons. The fourth-order valence-corrected chi connectivity index (χ4v) is 5.75. The summed E-state index contributed by atoms with van der Waals surface area (Å²) in [5.74, 6) is 1.40. The SMILES string of the molecule is CCOC(=O)c1cc(CNCC2CCN(c3nccc(/C=C4\SC(=O)NC4=O)n3)CC2)cnc1-c1ccc(OC)cc1OC. The van der Waals surface area contributed by atoms with Crippen molar-refractivity contribution in [3.63, 3.8) is 0 Å². The van der Waals surface area contributed by atoms with Crippen LogP contribution < -0.4 is 25.0 Å². The number of ether oxygens (including phenoxy) is 3. The van der Waals surface area contributed by atoms with Gasteiger partial charge in [0.05, 0.1) is 42.7 Å². The molecule has 5 rings (SSSR count). The van der Waals surface area contributed by atoms with Gasteiger partial charge in [-0.15, -0.1) is 0 Å². The molecule has 0 saturated carbocycles. The van der Waals surface area contributed by atoms with Gasteiger partial charge >= 0.3 is 5.97 Å². The molecule has 2 aromatic heterocycles. The van der Waals surface area contributed by atoms with Gasteiger partial charge in [-0.3, -0.25) is 19.9 Å². The second-order valence-corrected chi connectivity index (χ2v) is 11.2. The number of rotatable bonds is 11. The number of esters is 1. The summed E-state index contributed by atoms with van der Waals surface area (Å²) in [6.07, 6.45) is 6.94. The van der Waals surface area contributed by atoms with Crippen LogP contribution in [0.3, 0.4) is 0 Å². The van der Waals surface area contributed by atoms with Crippen molar-refractivity contribution in [2.45, 2.75) is 26.3 Å². The summed E-state index contributed by atoms with van der Waals surface area (Å²) in [6, 6.07) is 8.91. The van der Waals surface area contributed by atoms with E-state index in [4.69, 9.17) is 14.2 Å². The second-order valence-electron chi connectivity index (χ2n) is 10.2. The number of anilines is 1. The maximum atomic E-state index is 12.9. The number of thioether (sulfide) groups is 1. The fraction of sp³-hybridized carbons (Fsp3) is 0.355. The number of amides is 2. The molecule has 4 heterocycles. The third-order valence-electron chi connectivity index (χ3n) is 7.35. The monoisotopic (exact) mass is 618 g/mol. The van der Waals surface area contributed by atoms with Gasteiger partial charge in [0.2, 0.25) is 5.95 Å². The molecule has 2 N–H and O–H groups in total. The van der Waals surface area contributed by atoms with Crippen molar-refractivity contribution in [2.75, 3.05) is 45.4 Å². The van der Waals surface area contributed by atoms with E-state index in [0.717, 1.165) is 49.8 Å². The Bertz CT molecular complexity index is 1570. The van der Waals surface area contributed by atoms with E-state index in [9.17, 15) is 14.4 Å². The minimum absolute atomic E-state index is 0.253. The van der Waals surface area contributed by atoms with E-state index in [-0.39, 0.29) is 11.8 Å². The van der Waals surface area contributed by atoms with Gasteiger partial charge in [-0.25, -0.2) is 14.8 Å². The number of hydrogen-bond donors (Lipinski definition) is 2. The van der Waals surface area contributed by atoms with Crippen LogP contribution in [0.2, 0.25) is 0 Å². The number of hydrogen-bond acceptors (Lipinski definition) is 12. The van der Waals surface area contributed by atoms with Crippen molar-refractivity contribution in [2.24, 2.45) is 5.92 Å². The molecular weight excluding hydrogens is 584 g/mol. The highest BCUT2D eigenvalue weighted by molar-refractivity contribution is 8.18. The van der Waals surface area contributed by atoms with E-state index in [1.54, 1.807) is 57.8 Å². The van der Waals surface area contributed by atoms with Crippen LogP contribution in [0.1, 0.15) is 41.4 Å². The lowest BCUT2D eigenvalue weighted by molar-refractivity contribution is -0.115. The lowest BCUT2D eigenvalue weighted by Gasteiger charge is -2.32. The Morgan fingerprint density at radius 1 is 1.14 bits per heavy atom. The van der Waals surface area contributed by atoms with Crippen molar-refractivity contribution < 1.29 is 28.6 Å². The number of nitrogens with zero attached hydrogens (tertiary/aromatic N) is 4. The second kappa shape index (κ2) is 14.3. The van der Waals surface area contributed by atoms with Gasteiger partial charge in [0.1, 0.15) is 11.5 Å². The van der Waals surface area contributed by atoms with E-state index in [0.29, 0.717) is 57.3 Å². The van der Waals surface area contributed by atoms with E-state index in [2.05, 4.69) is 30.5 Å². The average Bonchev–Trinajstić information content (AvgIpc) is 3.36. The Morgan fingerprint density at radius 3 is 2.66 bits per heavy atom. The molecule has 0 aliphatic carbocycles. The van der Waals surface area contributed by atoms with Crippen LogP contribution >= 0.6 is 11.8 Å². The predicted molar refractivity (Wildman–Crippen MR) is 167 cm³/mol. The quantitative estimate of drug-likeness (QED) is 0.236. The summed E-state index contributed by atoms with van der Waals surface area (Å²) >= 11 is 0.867. The van der Waals surface area contributed by atoms with Crippen LogP contribution in [0.5, 0.6) is 11.5 Å². The third-order valence-corrected chi connectivity index (χ3v) is 8.16. The Morgan fingerprint density at radius 2 is 1.95 bits per heavy atom. The highest BCUT2D eigenvalue weighted by Crippen LogP contribution is 2.34. The fourth-order valence-electron chi connectivity index (χ4n) is 5.09. The van der Waals surface area contributed by atoms with Crippen LogP contribution in [0, 0.1) is 5.92 Å². The van der Waals surface area contributed by atoms with Crippen molar-refractivity contribution in [1.82, 2.24) is 25.6 Å².